The van der Waals surface area contributed by atoms with E-state index in [1.165, 1.54) is 21.5 Å². The Labute approximate surface area is 157 Å². The summed E-state index contributed by atoms with van der Waals surface area (Å²) in [5, 5.41) is 0. The molecule has 1 aliphatic rings. The van der Waals surface area contributed by atoms with Crippen LogP contribution in [0.5, 0.6) is 0 Å². The molecule has 0 spiro atoms. The Hall–Kier alpha value is -2.65. The summed E-state index contributed by atoms with van der Waals surface area (Å²) in [6.45, 7) is 2.11. The van der Waals surface area contributed by atoms with Crippen molar-refractivity contribution in [1.29, 1.82) is 0 Å². The Kier molecular flexibility index (Phi) is 5.62. The lowest BCUT2D eigenvalue weighted by atomic mass is 10.3. The number of furan rings is 1. The van der Waals surface area contributed by atoms with Crippen molar-refractivity contribution in [1.82, 2.24) is 9.21 Å². The van der Waals surface area contributed by atoms with Crippen molar-refractivity contribution in [2.24, 2.45) is 0 Å². The van der Waals surface area contributed by atoms with Crippen LogP contribution in [-0.4, -0.2) is 62.3 Å². The number of esters is 1. The van der Waals surface area contributed by atoms with Crippen LogP contribution < -0.4 is 0 Å². The van der Waals surface area contributed by atoms with Crippen LogP contribution in [0.15, 0.2) is 52.0 Å². The van der Waals surface area contributed by atoms with Crippen molar-refractivity contribution in [3.8, 4) is 0 Å². The molecule has 0 saturated carbocycles. The second-order valence-electron chi connectivity index (χ2n) is 6.06. The number of piperazine rings is 1. The molecule has 0 bridgehead atoms. The van der Waals surface area contributed by atoms with Crippen molar-refractivity contribution >= 4 is 21.9 Å². The average Bonchev–Trinajstić information content (AvgIpc) is 3.12. The van der Waals surface area contributed by atoms with E-state index < -0.39 is 22.6 Å². The molecule has 144 valence electrons. The van der Waals surface area contributed by atoms with Gasteiger partial charge in [0.1, 0.15) is 11.3 Å². The average molecular weight is 392 g/mol. The lowest BCUT2D eigenvalue weighted by Crippen LogP contribution is -2.51. The second-order valence-corrected chi connectivity index (χ2v) is 8.00. The quantitative estimate of drug-likeness (QED) is 0.711. The number of amides is 1. The van der Waals surface area contributed by atoms with E-state index in [2.05, 4.69) is 0 Å². The third-order valence-corrected chi connectivity index (χ3v) is 6.29. The number of hydrogen-bond acceptors (Lipinski definition) is 6. The molecule has 0 N–H and O–H groups in total. The van der Waals surface area contributed by atoms with E-state index in [0.717, 1.165) is 0 Å². The van der Waals surface area contributed by atoms with Crippen LogP contribution in [0, 0.1) is 6.92 Å². The van der Waals surface area contributed by atoms with E-state index in [9.17, 15) is 18.0 Å². The first-order valence-corrected chi connectivity index (χ1v) is 9.88. The fourth-order valence-corrected chi connectivity index (χ4v) is 4.26. The van der Waals surface area contributed by atoms with E-state index in [0.29, 0.717) is 5.76 Å². The predicted molar refractivity (Wildman–Crippen MR) is 95.5 cm³/mol. The number of benzene rings is 1. The minimum atomic E-state index is -3.57. The molecule has 2 heterocycles. The molecule has 1 saturated heterocycles. The van der Waals surface area contributed by atoms with Gasteiger partial charge in [-0.25, -0.2) is 13.2 Å². The zero-order valence-electron chi connectivity index (χ0n) is 14.8. The number of sulfonamides is 1. The fraction of sp³-hybridized carbons (Fsp3) is 0.333. The van der Waals surface area contributed by atoms with E-state index in [1.54, 1.807) is 37.3 Å². The Bertz CT molecular complexity index is 914. The van der Waals surface area contributed by atoms with Crippen molar-refractivity contribution < 1.29 is 27.2 Å². The molecule has 2 aromatic rings. The SMILES string of the molecule is Cc1occc1C(=O)OCC(=O)N1CCN(S(=O)(=O)c2ccccc2)CC1. The number of aryl methyl sites for hydroxylation is 1. The smallest absolute Gasteiger partial charge is 0.342 e. The van der Waals surface area contributed by atoms with Crippen molar-refractivity contribution in [2.45, 2.75) is 11.8 Å². The lowest BCUT2D eigenvalue weighted by molar-refractivity contribution is -0.135. The molecule has 0 aliphatic carbocycles. The van der Waals surface area contributed by atoms with Gasteiger partial charge in [0.2, 0.25) is 10.0 Å². The Morgan fingerprint density at radius 3 is 2.33 bits per heavy atom. The monoisotopic (exact) mass is 392 g/mol. The zero-order chi connectivity index (χ0) is 19.4. The molecule has 9 heteroatoms. The first-order chi connectivity index (χ1) is 12.9. The van der Waals surface area contributed by atoms with Crippen molar-refractivity contribution in [2.75, 3.05) is 32.8 Å². The summed E-state index contributed by atoms with van der Waals surface area (Å²) in [6, 6.07) is 9.66. The molecule has 0 radical (unpaired) electrons. The minimum absolute atomic E-state index is 0.192. The second kappa shape index (κ2) is 7.93. The zero-order valence-corrected chi connectivity index (χ0v) is 15.6. The summed E-state index contributed by atoms with van der Waals surface area (Å²) < 4.78 is 36.6. The van der Waals surface area contributed by atoms with Gasteiger partial charge in [0.25, 0.3) is 5.91 Å². The predicted octanol–water partition coefficient (Wildman–Crippen LogP) is 1.28. The molecule has 3 rings (SSSR count). The number of hydrogen-bond donors (Lipinski definition) is 0. The summed E-state index contributed by atoms with van der Waals surface area (Å²) in [5.41, 5.74) is 0.279. The van der Waals surface area contributed by atoms with E-state index >= 15 is 0 Å². The first-order valence-electron chi connectivity index (χ1n) is 8.44. The third-order valence-electron chi connectivity index (χ3n) is 4.38. The molecular formula is C18H20N2O6S. The lowest BCUT2D eigenvalue weighted by Gasteiger charge is -2.33. The molecule has 0 unspecified atom stereocenters. The van der Waals surface area contributed by atoms with Gasteiger partial charge in [-0.05, 0) is 25.1 Å². The van der Waals surface area contributed by atoms with Crippen LogP contribution in [0.2, 0.25) is 0 Å². The van der Waals surface area contributed by atoms with Gasteiger partial charge >= 0.3 is 5.97 Å². The van der Waals surface area contributed by atoms with Gasteiger partial charge < -0.3 is 14.1 Å². The summed E-state index contributed by atoms with van der Waals surface area (Å²) in [7, 11) is -3.57. The van der Waals surface area contributed by atoms with Crippen molar-refractivity contribution in [3.05, 3.63) is 54.0 Å². The fourth-order valence-electron chi connectivity index (χ4n) is 2.81. The molecule has 27 heavy (non-hydrogen) atoms. The van der Waals surface area contributed by atoms with Crippen LogP contribution in [0.3, 0.4) is 0 Å². The number of ether oxygens (including phenoxy) is 1. The maximum absolute atomic E-state index is 12.6. The Morgan fingerprint density at radius 2 is 1.74 bits per heavy atom. The van der Waals surface area contributed by atoms with Crippen LogP contribution in [0.25, 0.3) is 0 Å². The summed E-state index contributed by atoms with van der Waals surface area (Å²) >= 11 is 0. The highest BCUT2D eigenvalue weighted by Gasteiger charge is 2.30. The molecule has 1 aromatic heterocycles. The molecule has 1 aliphatic heterocycles. The van der Waals surface area contributed by atoms with Gasteiger partial charge in [0, 0.05) is 26.2 Å². The van der Waals surface area contributed by atoms with Crippen LogP contribution in [0.4, 0.5) is 0 Å². The largest absolute Gasteiger partial charge is 0.469 e. The maximum Gasteiger partial charge on any atom is 0.342 e. The number of carbonyl (C=O) groups excluding carboxylic acids is 2. The van der Waals surface area contributed by atoms with E-state index in [4.69, 9.17) is 9.15 Å². The standard InChI is InChI=1S/C18H20N2O6S/c1-14-16(7-12-25-14)18(22)26-13-17(21)19-8-10-20(11-9-19)27(23,24)15-5-3-2-4-6-15/h2-7,12H,8-11,13H2,1H3. The molecular weight excluding hydrogens is 372 g/mol. The molecule has 1 aromatic carbocycles. The van der Waals surface area contributed by atoms with Crippen LogP contribution in [-0.2, 0) is 19.6 Å². The Balaban J connectivity index is 1.52. The normalized spacial score (nSPS) is 15.5. The van der Waals surface area contributed by atoms with Gasteiger partial charge in [-0.2, -0.15) is 4.31 Å². The van der Waals surface area contributed by atoms with Gasteiger partial charge in [-0.15, -0.1) is 0 Å². The van der Waals surface area contributed by atoms with E-state index in [1.807, 2.05) is 0 Å². The number of carbonyl (C=O) groups is 2. The van der Waals surface area contributed by atoms with Crippen molar-refractivity contribution in [3.63, 3.8) is 0 Å². The third kappa shape index (κ3) is 4.20. The molecule has 1 amide bonds. The van der Waals surface area contributed by atoms with E-state index in [-0.39, 0.29) is 42.5 Å². The minimum Gasteiger partial charge on any atom is -0.469 e. The summed E-state index contributed by atoms with van der Waals surface area (Å²) in [5.74, 6) is -0.562. The van der Waals surface area contributed by atoms with Gasteiger partial charge in [-0.3, -0.25) is 4.79 Å². The van der Waals surface area contributed by atoms with Crippen LogP contribution in [0.1, 0.15) is 16.1 Å². The van der Waals surface area contributed by atoms with Gasteiger partial charge in [0.15, 0.2) is 6.61 Å². The Morgan fingerprint density at radius 1 is 1.07 bits per heavy atom. The summed E-state index contributed by atoms with van der Waals surface area (Å²) in [4.78, 5) is 25.9. The number of rotatable bonds is 5. The van der Waals surface area contributed by atoms with Crippen LogP contribution >= 0.6 is 0 Å². The molecule has 1 fully saturated rings. The van der Waals surface area contributed by atoms with Gasteiger partial charge in [-0.1, -0.05) is 18.2 Å². The topological polar surface area (TPSA) is 97.1 Å². The molecule has 0 atom stereocenters. The number of nitrogens with zero attached hydrogens (tertiary/aromatic N) is 2. The highest BCUT2D eigenvalue weighted by Crippen LogP contribution is 2.17. The summed E-state index contributed by atoms with van der Waals surface area (Å²) in [6.07, 6.45) is 1.38. The first kappa shape index (κ1) is 19.1. The van der Waals surface area contributed by atoms with Gasteiger partial charge in [0.05, 0.1) is 11.2 Å². The maximum atomic E-state index is 12.6. The highest BCUT2D eigenvalue weighted by atomic mass is 32.2. The molecule has 8 nitrogen and oxygen atoms in total. The highest BCUT2D eigenvalue weighted by molar-refractivity contribution is 7.89.